The number of nitrogens with one attached hydrogen (secondary N) is 1. The number of hydrogen-bond donors (Lipinski definition) is 1. The molecule has 0 radical (unpaired) electrons. The number of amides is 1. The zero-order valence-electron chi connectivity index (χ0n) is 12.9. The highest BCUT2D eigenvalue weighted by Gasteiger charge is 2.25. The molecular formula is C18H20F2N2O. The second-order valence-corrected chi connectivity index (χ2v) is 6.08. The predicted molar refractivity (Wildman–Crippen MR) is 84.1 cm³/mol. The summed E-state index contributed by atoms with van der Waals surface area (Å²) in [5.74, 6) is -0.696. The van der Waals surface area contributed by atoms with Gasteiger partial charge >= 0.3 is 0 Å². The van der Waals surface area contributed by atoms with E-state index in [0.29, 0.717) is 25.1 Å². The fourth-order valence-corrected chi connectivity index (χ4v) is 3.24. The molecule has 1 saturated heterocycles. The average Bonchev–Trinajstić information content (AvgIpc) is 3.08. The number of carbonyl (C=O) groups is 1. The van der Waals surface area contributed by atoms with E-state index in [1.165, 1.54) is 18.2 Å². The molecule has 1 aromatic carbocycles. The molecule has 0 spiro atoms. The van der Waals surface area contributed by atoms with Gasteiger partial charge in [0.2, 0.25) is 0 Å². The largest absolute Gasteiger partial charge is 0.357 e. The minimum absolute atomic E-state index is 0.00299. The first-order chi connectivity index (χ1) is 11.1. The van der Waals surface area contributed by atoms with Gasteiger partial charge in [0.05, 0.1) is 0 Å². The van der Waals surface area contributed by atoms with Gasteiger partial charge in [-0.05, 0) is 55.9 Å². The molecule has 5 heteroatoms. The van der Waals surface area contributed by atoms with Gasteiger partial charge in [0, 0.05) is 24.8 Å². The molecule has 1 aliphatic rings. The number of aromatic amines is 1. The Morgan fingerprint density at radius 3 is 2.70 bits per heavy atom. The van der Waals surface area contributed by atoms with Crippen LogP contribution in [0.25, 0.3) is 0 Å². The first kappa shape index (κ1) is 15.7. The number of aromatic nitrogens is 1. The molecule has 0 aliphatic carbocycles. The lowest BCUT2D eigenvalue weighted by molar-refractivity contribution is 0.0662. The monoisotopic (exact) mass is 318 g/mol. The van der Waals surface area contributed by atoms with Crippen LogP contribution in [0, 0.1) is 17.6 Å². The summed E-state index contributed by atoms with van der Waals surface area (Å²) < 4.78 is 27.4. The van der Waals surface area contributed by atoms with Crippen LogP contribution >= 0.6 is 0 Å². The Hall–Kier alpha value is -2.17. The normalized spacial score (nSPS) is 18.2. The van der Waals surface area contributed by atoms with Crippen molar-refractivity contribution in [3.05, 3.63) is 59.4 Å². The Bertz CT molecular complexity index is 649. The number of carbonyl (C=O) groups excluding carboxylic acids is 1. The minimum Gasteiger partial charge on any atom is -0.357 e. The van der Waals surface area contributed by atoms with E-state index in [-0.39, 0.29) is 17.4 Å². The van der Waals surface area contributed by atoms with Crippen molar-refractivity contribution in [3.8, 4) is 0 Å². The van der Waals surface area contributed by atoms with Crippen LogP contribution in [-0.4, -0.2) is 28.9 Å². The number of nitrogens with zero attached hydrogens (tertiary/aromatic N) is 1. The fraction of sp³-hybridized carbons (Fsp3) is 0.389. The molecule has 1 fully saturated rings. The quantitative estimate of drug-likeness (QED) is 0.915. The van der Waals surface area contributed by atoms with E-state index in [1.807, 2.05) is 4.90 Å². The van der Waals surface area contributed by atoms with Gasteiger partial charge < -0.3 is 9.88 Å². The Balaban J connectivity index is 1.60. The lowest BCUT2D eigenvalue weighted by Gasteiger charge is -2.32. The number of hydrogen-bond acceptors (Lipinski definition) is 1. The molecule has 122 valence electrons. The van der Waals surface area contributed by atoms with E-state index in [0.717, 1.165) is 19.4 Å². The molecule has 1 aliphatic heterocycles. The summed E-state index contributed by atoms with van der Waals surface area (Å²) in [4.78, 5) is 17.1. The van der Waals surface area contributed by atoms with Crippen molar-refractivity contribution < 1.29 is 13.6 Å². The van der Waals surface area contributed by atoms with Gasteiger partial charge in [-0.25, -0.2) is 8.78 Å². The van der Waals surface area contributed by atoms with E-state index in [9.17, 15) is 13.6 Å². The molecule has 2 aromatic rings. The van der Waals surface area contributed by atoms with Crippen molar-refractivity contribution >= 4 is 5.91 Å². The highest BCUT2D eigenvalue weighted by molar-refractivity contribution is 5.92. The Kier molecular flexibility index (Phi) is 4.74. The first-order valence-electron chi connectivity index (χ1n) is 8.00. The van der Waals surface area contributed by atoms with Gasteiger partial charge in [-0.15, -0.1) is 0 Å². The summed E-state index contributed by atoms with van der Waals surface area (Å²) in [6.07, 6.45) is 4.71. The number of H-pyrrole nitrogens is 1. The third kappa shape index (κ3) is 3.60. The van der Waals surface area contributed by atoms with Crippen molar-refractivity contribution in [2.75, 3.05) is 13.1 Å². The minimum atomic E-state index is -0.486. The number of rotatable bonds is 4. The molecule has 1 amide bonds. The maximum absolute atomic E-state index is 13.7. The first-order valence-corrected chi connectivity index (χ1v) is 8.00. The van der Waals surface area contributed by atoms with Crippen molar-refractivity contribution in [1.29, 1.82) is 0 Å². The van der Waals surface area contributed by atoms with Crippen LogP contribution in [0.2, 0.25) is 0 Å². The van der Waals surface area contributed by atoms with Crippen molar-refractivity contribution in [3.63, 3.8) is 0 Å². The molecule has 1 aromatic heterocycles. The fourth-order valence-electron chi connectivity index (χ4n) is 3.24. The van der Waals surface area contributed by atoms with Gasteiger partial charge in [-0.1, -0.05) is 6.07 Å². The van der Waals surface area contributed by atoms with E-state index in [2.05, 4.69) is 4.98 Å². The molecule has 0 saturated carbocycles. The Morgan fingerprint density at radius 2 is 2.00 bits per heavy atom. The van der Waals surface area contributed by atoms with Gasteiger partial charge in [-0.3, -0.25) is 4.79 Å². The zero-order chi connectivity index (χ0) is 16.2. The Labute approximate surface area is 134 Å². The van der Waals surface area contributed by atoms with Gasteiger partial charge in [-0.2, -0.15) is 0 Å². The molecule has 23 heavy (non-hydrogen) atoms. The van der Waals surface area contributed by atoms with E-state index in [1.54, 1.807) is 18.3 Å². The third-order valence-corrected chi connectivity index (χ3v) is 4.50. The lowest BCUT2D eigenvalue weighted by atomic mass is 9.91. The van der Waals surface area contributed by atoms with E-state index in [4.69, 9.17) is 0 Å². The van der Waals surface area contributed by atoms with Gasteiger partial charge in [0.15, 0.2) is 0 Å². The van der Waals surface area contributed by atoms with Crippen LogP contribution in [0.5, 0.6) is 0 Å². The summed E-state index contributed by atoms with van der Waals surface area (Å²) in [6.45, 7) is 1.39. The Morgan fingerprint density at radius 1 is 1.22 bits per heavy atom. The van der Waals surface area contributed by atoms with Crippen LogP contribution in [0.15, 0.2) is 36.5 Å². The summed E-state index contributed by atoms with van der Waals surface area (Å²) >= 11 is 0. The number of piperidine rings is 1. The van der Waals surface area contributed by atoms with Crippen LogP contribution in [0.3, 0.4) is 0 Å². The van der Waals surface area contributed by atoms with Gasteiger partial charge in [0.25, 0.3) is 5.91 Å². The SMILES string of the molecule is O=C(c1ccc[nH]1)N1CCCC(CCc2c(F)cccc2F)C1. The second-order valence-electron chi connectivity index (χ2n) is 6.08. The molecule has 1 unspecified atom stereocenters. The highest BCUT2D eigenvalue weighted by Crippen LogP contribution is 2.24. The summed E-state index contributed by atoms with van der Waals surface area (Å²) in [5, 5.41) is 0. The van der Waals surface area contributed by atoms with Crippen molar-refractivity contribution in [2.45, 2.75) is 25.7 Å². The van der Waals surface area contributed by atoms with Crippen LogP contribution in [-0.2, 0) is 6.42 Å². The standard InChI is InChI=1S/C18H20F2N2O/c19-15-5-1-6-16(20)14(15)9-8-13-4-3-11-22(12-13)18(23)17-7-2-10-21-17/h1-2,5-7,10,13,21H,3-4,8-9,11-12H2. The lowest BCUT2D eigenvalue weighted by Crippen LogP contribution is -2.40. The number of benzene rings is 1. The zero-order valence-corrected chi connectivity index (χ0v) is 12.9. The summed E-state index contributed by atoms with van der Waals surface area (Å²) in [5.41, 5.74) is 0.742. The summed E-state index contributed by atoms with van der Waals surface area (Å²) in [6, 6.07) is 7.53. The maximum atomic E-state index is 13.7. The molecule has 0 bridgehead atoms. The van der Waals surface area contributed by atoms with E-state index < -0.39 is 11.6 Å². The maximum Gasteiger partial charge on any atom is 0.270 e. The van der Waals surface area contributed by atoms with Gasteiger partial charge in [0.1, 0.15) is 17.3 Å². The predicted octanol–water partition coefficient (Wildman–Crippen LogP) is 3.78. The molecule has 2 heterocycles. The van der Waals surface area contributed by atoms with Crippen LogP contribution < -0.4 is 0 Å². The van der Waals surface area contributed by atoms with Crippen LogP contribution in [0.4, 0.5) is 8.78 Å². The van der Waals surface area contributed by atoms with Crippen LogP contribution in [0.1, 0.15) is 35.3 Å². The third-order valence-electron chi connectivity index (χ3n) is 4.50. The van der Waals surface area contributed by atoms with Crippen molar-refractivity contribution in [2.24, 2.45) is 5.92 Å². The molecule has 3 nitrogen and oxygen atoms in total. The molecule has 1 atom stereocenters. The summed E-state index contributed by atoms with van der Waals surface area (Å²) in [7, 11) is 0. The molecule has 3 rings (SSSR count). The average molecular weight is 318 g/mol. The topological polar surface area (TPSA) is 36.1 Å². The second kappa shape index (κ2) is 6.94. The number of likely N-dealkylation sites (tertiary alicyclic amines) is 1. The van der Waals surface area contributed by atoms with Crippen molar-refractivity contribution in [1.82, 2.24) is 9.88 Å². The van der Waals surface area contributed by atoms with E-state index >= 15 is 0 Å². The highest BCUT2D eigenvalue weighted by atomic mass is 19.1. The molecular weight excluding hydrogens is 298 g/mol. The molecule has 1 N–H and O–H groups in total. The smallest absolute Gasteiger partial charge is 0.270 e. The number of halogens is 2.